The lowest BCUT2D eigenvalue weighted by Gasteiger charge is -2.27. The summed E-state index contributed by atoms with van der Waals surface area (Å²) in [6.07, 6.45) is 1.19. The predicted octanol–water partition coefficient (Wildman–Crippen LogP) is 2.71. The van der Waals surface area contributed by atoms with Crippen molar-refractivity contribution in [3.8, 4) is 0 Å². The van der Waals surface area contributed by atoms with Crippen molar-refractivity contribution in [3.63, 3.8) is 0 Å². The summed E-state index contributed by atoms with van der Waals surface area (Å²) in [7, 11) is 2.99. The number of nitrogens with zero attached hydrogens (tertiary/aromatic N) is 2. The van der Waals surface area contributed by atoms with Gasteiger partial charge in [-0.05, 0) is 41.0 Å². The normalized spacial score (nSPS) is 14.4. The summed E-state index contributed by atoms with van der Waals surface area (Å²) in [4.78, 5) is 41.1. The largest absolute Gasteiger partial charge is 0.465 e. The molecule has 3 aromatic rings. The van der Waals surface area contributed by atoms with Gasteiger partial charge in [-0.3, -0.25) is 14.2 Å². The standard InChI is InChI=1S/C23H26N4O5S2/c1-4-16(34-21-23(30)32-25-26(21)2)19(28)24-20-18(22(29)31-3)15-10-11-27(13-17(15)33-20)12-14-8-6-5-7-9-14/h5-9,16H,4,10-13H2,1-3H3,(H-,24,25,28,29,30)/p+1. The molecule has 2 N–H and O–H groups in total. The Bertz CT molecular complexity index is 1230. The van der Waals surface area contributed by atoms with E-state index in [0.29, 0.717) is 35.0 Å². The van der Waals surface area contributed by atoms with Crippen molar-refractivity contribution in [2.24, 2.45) is 7.05 Å². The van der Waals surface area contributed by atoms with Crippen LogP contribution >= 0.6 is 23.1 Å². The SMILES string of the molecule is CCC(Sc1c(=O)o[nH][n+]1C)C(=O)Nc1sc2c(c1C(=O)OC)CCN(Cc1ccccc1)C2. The van der Waals surface area contributed by atoms with Gasteiger partial charge >= 0.3 is 16.6 Å². The Kier molecular flexibility index (Phi) is 7.54. The second kappa shape index (κ2) is 10.6. The molecular weight excluding hydrogens is 476 g/mol. The van der Waals surface area contributed by atoms with Gasteiger partial charge in [-0.25, -0.2) is 9.59 Å². The van der Waals surface area contributed by atoms with Gasteiger partial charge in [-0.2, -0.15) is 0 Å². The van der Waals surface area contributed by atoms with E-state index in [2.05, 4.69) is 27.6 Å². The monoisotopic (exact) mass is 503 g/mol. The lowest BCUT2D eigenvalue weighted by atomic mass is 10.0. The third-order valence-corrected chi connectivity index (χ3v) is 8.31. The molecule has 0 bridgehead atoms. The van der Waals surface area contributed by atoms with E-state index < -0.39 is 16.8 Å². The molecule has 0 fully saturated rings. The molecule has 1 atom stereocenters. The first-order chi connectivity index (χ1) is 16.4. The van der Waals surface area contributed by atoms with Crippen LogP contribution in [-0.4, -0.2) is 41.0 Å². The van der Waals surface area contributed by atoms with Crippen molar-refractivity contribution in [1.82, 2.24) is 10.2 Å². The Labute approximate surface area is 205 Å². The van der Waals surface area contributed by atoms with E-state index in [1.807, 2.05) is 25.1 Å². The highest BCUT2D eigenvalue weighted by Crippen LogP contribution is 2.38. The zero-order chi connectivity index (χ0) is 24.2. The average Bonchev–Trinajstić information content (AvgIpc) is 3.35. The van der Waals surface area contributed by atoms with Crippen LogP contribution in [0.25, 0.3) is 0 Å². The number of nitrogens with one attached hydrogen (secondary N) is 2. The summed E-state index contributed by atoms with van der Waals surface area (Å²) in [6, 6.07) is 10.3. The number of fused-ring (bicyclic) bond motifs is 1. The second-order valence-corrected chi connectivity index (χ2v) is 10.3. The first-order valence-corrected chi connectivity index (χ1v) is 12.6. The van der Waals surface area contributed by atoms with Crippen LogP contribution in [0.5, 0.6) is 0 Å². The molecule has 1 unspecified atom stereocenters. The molecule has 1 amide bonds. The fourth-order valence-electron chi connectivity index (χ4n) is 3.95. The molecule has 9 nitrogen and oxygen atoms in total. The molecule has 0 saturated heterocycles. The molecule has 4 rings (SSSR count). The third kappa shape index (κ3) is 5.11. The van der Waals surface area contributed by atoms with Gasteiger partial charge in [0.2, 0.25) is 5.91 Å². The number of aromatic nitrogens is 2. The lowest BCUT2D eigenvalue weighted by molar-refractivity contribution is -0.772. The number of H-pyrrole nitrogens is 1. The summed E-state index contributed by atoms with van der Waals surface area (Å²) in [5, 5.41) is 5.65. The quantitative estimate of drug-likeness (QED) is 0.276. The highest BCUT2D eigenvalue weighted by atomic mass is 32.2. The van der Waals surface area contributed by atoms with Crippen molar-refractivity contribution in [3.05, 3.63) is 62.3 Å². The van der Waals surface area contributed by atoms with Crippen molar-refractivity contribution < 1.29 is 23.5 Å². The lowest BCUT2D eigenvalue weighted by Crippen LogP contribution is -2.35. The Balaban J connectivity index is 1.55. The second-order valence-electron chi connectivity index (χ2n) is 7.99. The molecule has 0 spiro atoms. The van der Waals surface area contributed by atoms with E-state index in [1.165, 1.54) is 28.7 Å². The number of hydrogen-bond acceptors (Lipinski definition) is 8. The van der Waals surface area contributed by atoms with Gasteiger partial charge < -0.3 is 10.1 Å². The van der Waals surface area contributed by atoms with Crippen molar-refractivity contribution in [1.29, 1.82) is 0 Å². The zero-order valence-corrected chi connectivity index (χ0v) is 20.9. The number of esters is 1. The first kappa shape index (κ1) is 24.2. The van der Waals surface area contributed by atoms with Crippen LogP contribution in [0.1, 0.15) is 39.7 Å². The van der Waals surface area contributed by atoms with Crippen molar-refractivity contribution >= 4 is 40.0 Å². The Morgan fingerprint density at radius 1 is 1.35 bits per heavy atom. The van der Waals surface area contributed by atoms with Gasteiger partial charge in [0.25, 0.3) is 0 Å². The summed E-state index contributed by atoms with van der Waals surface area (Å²) >= 11 is 2.54. The van der Waals surface area contributed by atoms with E-state index in [9.17, 15) is 14.4 Å². The van der Waals surface area contributed by atoms with E-state index >= 15 is 0 Å². The van der Waals surface area contributed by atoms with E-state index in [-0.39, 0.29) is 5.91 Å². The number of thiophene rings is 1. The maximum absolute atomic E-state index is 13.1. The van der Waals surface area contributed by atoms with E-state index in [1.54, 1.807) is 7.05 Å². The van der Waals surface area contributed by atoms with Crippen LogP contribution in [0.15, 0.2) is 44.7 Å². The van der Waals surface area contributed by atoms with Gasteiger partial charge in [0.1, 0.15) is 5.00 Å². The number of aromatic amines is 1. The molecule has 1 aliphatic rings. The van der Waals surface area contributed by atoms with Crippen molar-refractivity contribution in [2.75, 3.05) is 19.0 Å². The number of benzene rings is 1. The highest BCUT2D eigenvalue weighted by Gasteiger charge is 2.32. The van der Waals surface area contributed by atoms with Gasteiger partial charge in [0, 0.05) is 24.5 Å². The van der Waals surface area contributed by atoms with Crippen LogP contribution in [0.3, 0.4) is 0 Å². The molecule has 2 aromatic heterocycles. The number of anilines is 1. The Morgan fingerprint density at radius 3 is 2.76 bits per heavy atom. The Morgan fingerprint density at radius 2 is 2.12 bits per heavy atom. The minimum Gasteiger partial charge on any atom is -0.465 e. The molecule has 1 aromatic carbocycles. The minimum absolute atomic E-state index is 0.280. The van der Waals surface area contributed by atoms with Crippen LogP contribution in [-0.2, 0) is 36.1 Å². The predicted molar refractivity (Wildman–Crippen MR) is 129 cm³/mol. The number of methoxy groups -OCH3 is 1. The van der Waals surface area contributed by atoms with Crippen LogP contribution in [0.4, 0.5) is 5.00 Å². The maximum atomic E-state index is 13.1. The van der Waals surface area contributed by atoms with Gasteiger partial charge in [0.05, 0.1) is 17.9 Å². The maximum Gasteiger partial charge on any atom is 0.441 e. The van der Waals surface area contributed by atoms with E-state index in [0.717, 1.165) is 35.3 Å². The topological polar surface area (TPSA) is 109 Å². The number of carbonyl (C=O) groups excluding carboxylic acids is 2. The van der Waals surface area contributed by atoms with Gasteiger partial charge in [-0.1, -0.05) is 41.9 Å². The molecule has 1 aliphatic heterocycles. The summed E-state index contributed by atoms with van der Waals surface area (Å²) in [5.41, 5.74) is 2.07. The van der Waals surface area contributed by atoms with Gasteiger partial charge in [0.15, 0.2) is 7.05 Å². The first-order valence-electron chi connectivity index (χ1n) is 10.9. The Hall–Kier alpha value is -2.89. The van der Waals surface area contributed by atoms with Crippen LogP contribution < -0.4 is 15.6 Å². The molecular formula is C23H27N4O5S2+. The van der Waals surface area contributed by atoms with Gasteiger partial charge in [-0.15, -0.1) is 11.3 Å². The number of aryl methyl sites for hydroxylation is 1. The molecule has 180 valence electrons. The van der Waals surface area contributed by atoms with Crippen LogP contribution in [0, 0.1) is 0 Å². The molecule has 34 heavy (non-hydrogen) atoms. The molecule has 0 saturated carbocycles. The van der Waals surface area contributed by atoms with Crippen molar-refractivity contribution in [2.45, 2.75) is 43.1 Å². The number of thioether (sulfide) groups is 1. The summed E-state index contributed by atoms with van der Waals surface area (Å²) < 4.78 is 11.3. The smallest absolute Gasteiger partial charge is 0.441 e. The molecule has 0 aliphatic carbocycles. The fourth-order valence-corrected chi connectivity index (χ4v) is 6.16. The third-order valence-electron chi connectivity index (χ3n) is 5.68. The number of carbonyl (C=O) groups is 2. The zero-order valence-electron chi connectivity index (χ0n) is 19.3. The minimum atomic E-state index is -0.538. The highest BCUT2D eigenvalue weighted by molar-refractivity contribution is 8.00. The van der Waals surface area contributed by atoms with E-state index in [4.69, 9.17) is 9.26 Å². The fraction of sp³-hybridized carbons (Fsp3) is 0.391. The van der Waals surface area contributed by atoms with Crippen LogP contribution in [0.2, 0.25) is 0 Å². The average molecular weight is 504 g/mol. The number of rotatable bonds is 8. The summed E-state index contributed by atoms with van der Waals surface area (Å²) in [6.45, 7) is 4.19. The number of amides is 1. The number of ether oxygens (including phenoxy) is 1. The summed E-state index contributed by atoms with van der Waals surface area (Å²) in [5.74, 6) is -0.735. The number of hydrogen-bond donors (Lipinski definition) is 2. The molecule has 0 radical (unpaired) electrons. The molecule has 11 heteroatoms. The molecule has 3 heterocycles.